The average Bonchev–Trinajstić information content (AvgIpc) is 3.29. The summed E-state index contributed by atoms with van der Waals surface area (Å²) in [5, 5.41) is 9.49. The molecule has 1 spiro atoms. The normalized spacial score (nSPS) is 16.2. The number of benzene rings is 2. The summed E-state index contributed by atoms with van der Waals surface area (Å²) >= 11 is 1.27. The van der Waals surface area contributed by atoms with Crippen LogP contribution in [0, 0.1) is 0 Å². The van der Waals surface area contributed by atoms with Gasteiger partial charge < -0.3 is 5.73 Å². The maximum absolute atomic E-state index is 14.4. The Hall–Kier alpha value is -3.39. The molecular weight excluding hydrogens is 458 g/mol. The maximum atomic E-state index is 14.4. The van der Waals surface area contributed by atoms with E-state index in [1.54, 1.807) is 4.57 Å². The predicted molar refractivity (Wildman–Crippen MR) is 137 cm³/mol. The van der Waals surface area contributed by atoms with E-state index in [0.717, 1.165) is 54.5 Å². The molecular formula is C27H27N5O2S. The molecule has 2 heterocycles. The monoisotopic (exact) mass is 485 g/mol. The molecule has 0 radical (unpaired) electrons. The summed E-state index contributed by atoms with van der Waals surface area (Å²) in [6.45, 7) is 0.410. The Kier molecular flexibility index (Phi) is 5.48. The molecule has 2 aliphatic rings. The van der Waals surface area contributed by atoms with Crippen LogP contribution >= 0.6 is 11.8 Å². The molecule has 1 saturated carbocycles. The Bertz CT molecular complexity index is 1480. The Morgan fingerprint density at radius 3 is 2.51 bits per heavy atom. The van der Waals surface area contributed by atoms with Crippen molar-refractivity contribution in [3.63, 3.8) is 0 Å². The number of nitrogens with zero attached hydrogens (tertiary/aromatic N) is 4. The molecule has 0 saturated heterocycles. The van der Waals surface area contributed by atoms with E-state index in [4.69, 9.17) is 5.73 Å². The zero-order chi connectivity index (χ0) is 24.0. The number of primary amides is 1. The highest BCUT2D eigenvalue weighted by atomic mass is 32.2. The SMILES string of the molecule is NC(=O)CSc1nnc2n(Cc3ccccc3)c(=O)c3c(n12)-c1ccccc1CC31CCCCC1. The number of fused-ring (bicyclic) bond motifs is 6. The molecule has 6 rings (SSSR count). The van der Waals surface area contributed by atoms with Crippen LogP contribution in [-0.2, 0) is 23.2 Å². The highest BCUT2D eigenvalue weighted by molar-refractivity contribution is 7.99. The van der Waals surface area contributed by atoms with Crippen molar-refractivity contribution in [2.75, 3.05) is 5.75 Å². The van der Waals surface area contributed by atoms with Crippen molar-refractivity contribution >= 4 is 23.4 Å². The summed E-state index contributed by atoms with van der Waals surface area (Å²) in [7, 11) is 0. The lowest BCUT2D eigenvalue weighted by Gasteiger charge is -2.42. The molecule has 7 nitrogen and oxygen atoms in total. The van der Waals surface area contributed by atoms with Gasteiger partial charge in [-0.05, 0) is 30.4 Å². The predicted octanol–water partition coefficient (Wildman–Crippen LogP) is 3.94. The number of hydrogen-bond acceptors (Lipinski definition) is 5. The van der Waals surface area contributed by atoms with Crippen molar-refractivity contribution in [1.29, 1.82) is 0 Å². The van der Waals surface area contributed by atoms with Crippen LogP contribution in [0.1, 0.15) is 48.8 Å². The summed E-state index contributed by atoms with van der Waals surface area (Å²) in [6, 6.07) is 18.3. The molecule has 0 unspecified atom stereocenters. The van der Waals surface area contributed by atoms with Gasteiger partial charge in [-0.1, -0.05) is 85.6 Å². The molecule has 2 aromatic heterocycles. The zero-order valence-electron chi connectivity index (χ0n) is 19.4. The van der Waals surface area contributed by atoms with Crippen molar-refractivity contribution in [3.05, 3.63) is 81.6 Å². The summed E-state index contributed by atoms with van der Waals surface area (Å²) in [6.07, 6.45) is 6.28. The minimum absolute atomic E-state index is 0.0200. The van der Waals surface area contributed by atoms with Crippen LogP contribution in [0.2, 0.25) is 0 Å². The third-order valence-electron chi connectivity index (χ3n) is 7.45. The Labute approximate surface area is 207 Å². The van der Waals surface area contributed by atoms with E-state index in [-0.39, 0.29) is 16.7 Å². The summed E-state index contributed by atoms with van der Waals surface area (Å²) in [5.41, 5.74) is 10.4. The average molecular weight is 486 g/mol. The van der Waals surface area contributed by atoms with Crippen molar-refractivity contribution in [2.24, 2.45) is 5.73 Å². The molecule has 8 heteroatoms. The molecule has 2 N–H and O–H groups in total. The van der Waals surface area contributed by atoms with Crippen LogP contribution in [0.4, 0.5) is 0 Å². The molecule has 0 aliphatic heterocycles. The Balaban J connectivity index is 1.69. The van der Waals surface area contributed by atoms with Gasteiger partial charge in [0.1, 0.15) is 0 Å². The van der Waals surface area contributed by atoms with Crippen LogP contribution in [0.3, 0.4) is 0 Å². The molecule has 1 fully saturated rings. The van der Waals surface area contributed by atoms with Crippen LogP contribution in [-0.4, -0.2) is 30.8 Å². The summed E-state index contributed by atoms with van der Waals surface area (Å²) < 4.78 is 3.77. The smallest absolute Gasteiger partial charge is 0.259 e. The van der Waals surface area contributed by atoms with Gasteiger partial charge in [-0.15, -0.1) is 10.2 Å². The van der Waals surface area contributed by atoms with Crippen LogP contribution < -0.4 is 11.3 Å². The maximum Gasteiger partial charge on any atom is 0.259 e. The van der Waals surface area contributed by atoms with E-state index in [1.807, 2.05) is 40.8 Å². The fourth-order valence-electron chi connectivity index (χ4n) is 5.96. The highest BCUT2D eigenvalue weighted by Crippen LogP contribution is 2.49. The second-order valence-corrected chi connectivity index (χ2v) is 10.6. The lowest BCUT2D eigenvalue weighted by Crippen LogP contribution is -2.43. The second-order valence-electron chi connectivity index (χ2n) is 9.65. The second kappa shape index (κ2) is 8.68. The van der Waals surface area contributed by atoms with Gasteiger partial charge in [0.2, 0.25) is 11.7 Å². The first-order valence-corrected chi connectivity index (χ1v) is 13.1. The van der Waals surface area contributed by atoms with Crippen molar-refractivity contribution in [2.45, 2.75) is 55.6 Å². The molecule has 0 atom stereocenters. The molecule has 4 aromatic rings. The van der Waals surface area contributed by atoms with Crippen LogP contribution in [0.25, 0.3) is 17.0 Å². The van der Waals surface area contributed by atoms with Gasteiger partial charge in [-0.3, -0.25) is 18.6 Å². The van der Waals surface area contributed by atoms with Gasteiger partial charge in [0, 0.05) is 16.5 Å². The zero-order valence-corrected chi connectivity index (χ0v) is 20.3. The standard InChI is InChI=1S/C27H27N5O2S/c28-21(33)17-35-26-30-29-25-31(16-18-9-3-1-4-10-18)24(34)22-23(32(25)26)20-12-6-5-11-19(20)15-27(22)13-7-2-8-14-27/h1,3-6,9-12H,2,7-8,13-17H2,(H2,28,33). The van der Waals surface area contributed by atoms with Gasteiger partial charge in [-0.2, -0.15) is 0 Å². The fraction of sp³-hybridized carbons (Fsp3) is 0.333. The topological polar surface area (TPSA) is 95.3 Å². The van der Waals surface area contributed by atoms with Gasteiger partial charge in [0.25, 0.3) is 5.56 Å². The number of hydrogen-bond donors (Lipinski definition) is 1. The molecule has 1 amide bonds. The van der Waals surface area contributed by atoms with Gasteiger partial charge >= 0.3 is 0 Å². The summed E-state index contributed by atoms with van der Waals surface area (Å²) in [5.74, 6) is 0.176. The number of carbonyl (C=O) groups is 1. The van der Waals surface area contributed by atoms with E-state index in [1.165, 1.54) is 23.7 Å². The summed E-state index contributed by atoms with van der Waals surface area (Å²) in [4.78, 5) is 26.0. The number of aromatic nitrogens is 4. The van der Waals surface area contributed by atoms with Crippen molar-refractivity contribution in [1.82, 2.24) is 19.2 Å². The van der Waals surface area contributed by atoms with Gasteiger partial charge in [0.05, 0.1) is 18.0 Å². The van der Waals surface area contributed by atoms with Crippen molar-refractivity contribution < 1.29 is 4.79 Å². The molecule has 35 heavy (non-hydrogen) atoms. The van der Waals surface area contributed by atoms with E-state index in [0.29, 0.717) is 17.5 Å². The first-order valence-electron chi connectivity index (χ1n) is 12.1. The van der Waals surface area contributed by atoms with Crippen LogP contribution in [0.5, 0.6) is 0 Å². The minimum atomic E-state index is -0.414. The number of carbonyl (C=O) groups excluding carboxylic acids is 1. The first-order chi connectivity index (χ1) is 17.1. The highest BCUT2D eigenvalue weighted by Gasteiger charge is 2.44. The van der Waals surface area contributed by atoms with Gasteiger partial charge in [0.15, 0.2) is 5.16 Å². The number of rotatable bonds is 5. The van der Waals surface area contributed by atoms with E-state index in [9.17, 15) is 9.59 Å². The number of nitrogens with two attached hydrogens (primary N) is 1. The van der Waals surface area contributed by atoms with E-state index in [2.05, 4.69) is 28.4 Å². The molecule has 2 aromatic carbocycles. The number of amides is 1. The van der Waals surface area contributed by atoms with Gasteiger partial charge in [-0.25, -0.2) is 0 Å². The number of thioether (sulfide) groups is 1. The quantitative estimate of drug-likeness (QED) is 0.432. The van der Waals surface area contributed by atoms with E-state index >= 15 is 0 Å². The molecule has 178 valence electrons. The largest absolute Gasteiger partial charge is 0.369 e. The molecule has 0 bridgehead atoms. The third-order valence-corrected chi connectivity index (χ3v) is 8.40. The Morgan fingerprint density at radius 1 is 1.00 bits per heavy atom. The van der Waals surface area contributed by atoms with Crippen molar-refractivity contribution in [3.8, 4) is 11.3 Å². The third kappa shape index (κ3) is 3.67. The fourth-order valence-corrected chi connectivity index (χ4v) is 6.63. The lowest BCUT2D eigenvalue weighted by atomic mass is 9.62. The van der Waals surface area contributed by atoms with Crippen LogP contribution in [0.15, 0.2) is 64.5 Å². The van der Waals surface area contributed by atoms with E-state index < -0.39 is 5.91 Å². The molecule has 2 aliphatic carbocycles. The first kappa shape index (κ1) is 22.1. The Morgan fingerprint density at radius 2 is 1.74 bits per heavy atom. The minimum Gasteiger partial charge on any atom is -0.369 e. The lowest BCUT2D eigenvalue weighted by molar-refractivity contribution is -0.115.